The Morgan fingerprint density at radius 2 is 1.85 bits per heavy atom. The maximum atomic E-state index is 6.03. The Bertz CT molecular complexity index is 667. The summed E-state index contributed by atoms with van der Waals surface area (Å²) in [6.45, 7) is 2.11. The van der Waals surface area contributed by atoms with Gasteiger partial charge in [-0.25, -0.2) is 0 Å². The summed E-state index contributed by atoms with van der Waals surface area (Å²) in [6.07, 6.45) is 0.967. The van der Waals surface area contributed by atoms with Gasteiger partial charge in [-0.1, -0.05) is 49.0 Å². The number of benzene rings is 2. The average molecular weight is 282 g/mol. The van der Waals surface area contributed by atoms with Crippen molar-refractivity contribution < 1.29 is 0 Å². The molecule has 0 aliphatic rings. The van der Waals surface area contributed by atoms with E-state index >= 15 is 0 Å². The fourth-order valence-electron chi connectivity index (χ4n) is 2.25. The van der Waals surface area contributed by atoms with Crippen LogP contribution in [0.15, 0.2) is 64.5 Å². The zero-order chi connectivity index (χ0) is 13.9. The molecule has 0 fully saturated rings. The summed E-state index contributed by atoms with van der Waals surface area (Å²) in [5.74, 6) is 0. The minimum Gasteiger partial charge on any atom is -0.349 e. The van der Waals surface area contributed by atoms with E-state index in [-0.39, 0.29) is 6.04 Å². The molecule has 0 spiro atoms. The molecule has 0 radical (unpaired) electrons. The van der Waals surface area contributed by atoms with Crippen LogP contribution in [-0.2, 0) is 0 Å². The lowest BCUT2D eigenvalue weighted by atomic mass is 10.1. The Balaban J connectivity index is 1.80. The van der Waals surface area contributed by atoms with Crippen LogP contribution in [0.4, 0.5) is 0 Å². The lowest BCUT2D eigenvalue weighted by molar-refractivity contribution is 0.698. The quantitative estimate of drug-likeness (QED) is 0.726. The number of aromatic amines is 1. The topological polar surface area (TPSA) is 41.8 Å². The van der Waals surface area contributed by atoms with Gasteiger partial charge in [-0.2, -0.15) is 0 Å². The van der Waals surface area contributed by atoms with Crippen LogP contribution in [-0.4, -0.2) is 4.98 Å². The van der Waals surface area contributed by atoms with Crippen LogP contribution >= 0.6 is 11.8 Å². The number of nitrogens with two attached hydrogens (primary N) is 1. The molecule has 0 saturated heterocycles. The van der Waals surface area contributed by atoms with Gasteiger partial charge in [0, 0.05) is 21.8 Å². The summed E-state index contributed by atoms with van der Waals surface area (Å²) in [6, 6.07) is 19.2. The van der Waals surface area contributed by atoms with E-state index < -0.39 is 0 Å². The zero-order valence-electron chi connectivity index (χ0n) is 11.5. The monoisotopic (exact) mass is 282 g/mol. The molecular formula is C17H18N2S. The first kappa shape index (κ1) is 13.3. The maximum Gasteiger partial charge on any atom is 0.0780 e. The van der Waals surface area contributed by atoms with Crippen molar-refractivity contribution in [2.75, 3.05) is 0 Å². The van der Waals surface area contributed by atoms with E-state index in [1.807, 2.05) is 6.07 Å². The van der Waals surface area contributed by atoms with Gasteiger partial charge >= 0.3 is 0 Å². The van der Waals surface area contributed by atoms with Crippen molar-refractivity contribution in [1.82, 2.24) is 4.98 Å². The van der Waals surface area contributed by atoms with E-state index in [1.165, 1.54) is 26.4 Å². The number of para-hydroxylation sites is 1. The van der Waals surface area contributed by atoms with Crippen LogP contribution < -0.4 is 5.73 Å². The Morgan fingerprint density at radius 3 is 2.55 bits per heavy atom. The van der Waals surface area contributed by atoms with Crippen molar-refractivity contribution >= 4 is 22.7 Å². The van der Waals surface area contributed by atoms with Gasteiger partial charge in [0.05, 0.1) is 5.03 Å². The number of nitrogens with one attached hydrogen (secondary N) is 1. The SMILES string of the molecule is CC[C@@H](N)c1ccc(Sc2cc3ccccc3[nH]2)cc1. The van der Waals surface area contributed by atoms with Crippen LogP contribution in [0.3, 0.4) is 0 Å². The molecule has 3 rings (SSSR count). The maximum absolute atomic E-state index is 6.03. The lowest BCUT2D eigenvalue weighted by Gasteiger charge is -2.09. The third kappa shape index (κ3) is 2.74. The fraction of sp³-hybridized carbons (Fsp3) is 0.176. The largest absolute Gasteiger partial charge is 0.349 e. The molecule has 3 N–H and O–H groups in total. The molecule has 0 saturated carbocycles. The number of fused-ring (bicyclic) bond motifs is 1. The van der Waals surface area contributed by atoms with Crippen molar-refractivity contribution in [2.24, 2.45) is 5.73 Å². The van der Waals surface area contributed by atoms with Crippen molar-refractivity contribution in [1.29, 1.82) is 0 Å². The molecule has 0 aliphatic carbocycles. The summed E-state index contributed by atoms with van der Waals surface area (Å²) in [5, 5.41) is 2.42. The average Bonchev–Trinajstić information content (AvgIpc) is 2.89. The second kappa shape index (κ2) is 5.73. The minimum atomic E-state index is 0.141. The standard InChI is InChI=1S/C17H18N2S/c1-2-15(18)12-7-9-14(10-8-12)20-17-11-13-5-3-4-6-16(13)19-17/h3-11,15,19H,2,18H2,1H3/t15-/m1/s1. The molecule has 20 heavy (non-hydrogen) atoms. The lowest BCUT2D eigenvalue weighted by Crippen LogP contribution is -2.07. The van der Waals surface area contributed by atoms with Crippen LogP contribution in [0.5, 0.6) is 0 Å². The second-order valence-corrected chi connectivity index (χ2v) is 6.02. The predicted octanol–water partition coefficient (Wildman–Crippen LogP) is 4.73. The van der Waals surface area contributed by atoms with E-state index in [4.69, 9.17) is 5.73 Å². The van der Waals surface area contributed by atoms with Gasteiger partial charge < -0.3 is 10.7 Å². The number of aromatic nitrogens is 1. The van der Waals surface area contributed by atoms with Gasteiger partial charge in [-0.05, 0) is 36.2 Å². The summed E-state index contributed by atoms with van der Waals surface area (Å²) in [4.78, 5) is 4.66. The smallest absolute Gasteiger partial charge is 0.0780 e. The molecule has 1 aromatic heterocycles. The first-order valence-electron chi connectivity index (χ1n) is 6.87. The van der Waals surface area contributed by atoms with Crippen LogP contribution in [0.25, 0.3) is 10.9 Å². The molecule has 3 aromatic rings. The van der Waals surface area contributed by atoms with Gasteiger partial charge in [0.15, 0.2) is 0 Å². The molecular weight excluding hydrogens is 264 g/mol. The van der Waals surface area contributed by atoms with E-state index in [1.54, 1.807) is 11.8 Å². The Kier molecular flexibility index (Phi) is 3.81. The Labute approximate surface area is 123 Å². The molecule has 2 nitrogen and oxygen atoms in total. The van der Waals surface area contributed by atoms with Crippen LogP contribution in [0.1, 0.15) is 24.9 Å². The van der Waals surface area contributed by atoms with E-state index in [9.17, 15) is 0 Å². The van der Waals surface area contributed by atoms with Crippen molar-refractivity contribution in [2.45, 2.75) is 29.3 Å². The van der Waals surface area contributed by atoms with Gasteiger partial charge in [0.25, 0.3) is 0 Å². The summed E-state index contributed by atoms with van der Waals surface area (Å²) >= 11 is 1.74. The molecule has 102 valence electrons. The molecule has 1 atom stereocenters. The molecule has 2 aromatic carbocycles. The highest BCUT2D eigenvalue weighted by molar-refractivity contribution is 7.99. The Morgan fingerprint density at radius 1 is 1.10 bits per heavy atom. The van der Waals surface area contributed by atoms with Crippen molar-refractivity contribution in [3.63, 3.8) is 0 Å². The van der Waals surface area contributed by atoms with Crippen LogP contribution in [0.2, 0.25) is 0 Å². The van der Waals surface area contributed by atoms with Crippen LogP contribution in [0, 0.1) is 0 Å². The summed E-state index contributed by atoms with van der Waals surface area (Å²) in [7, 11) is 0. The molecule has 0 aliphatic heterocycles. The van der Waals surface area contributed by atoms with E-state index in [2.05, 4.69) is 60.4 Å². The molecule has 0 unspecified atom stereocenters. The summed E-state index contributed by atoms with van der Waals surface area (Å²) < 4.78 is 0. The van der Waals surface area contributed by atoms with Gasteiger partial charge in [0.2, 0.25) is 0 Å². The number of hydrogen-bond acceptors (Lipinski definition) is 2. The molecule has 0 bridgehead atoms. The van der Waals surface area contributed by atoms with E-state index in [0.717, 1.165) is 6.42 Å². The highest BCUT2D eigenvalue weighted by atomic mass is 32.2. The minimum absolute atomic E-state index is 0.141. The van der Waals surface area contributed by atoms with Gasteiger partial charge in [-0.3, -0.25) is 0 Å². The first-order chi connectivity index (χ1) is 9.76. The molecule has 1 heterocycles. The zero-order valence-corrected chi connectivity index (χ0v) is 12.3. The summed E-state index contributed by atoms with van der Waals surface area (Å²) in [5.41, 5.74) is 8.42. The van der Waals surface area contributed by atoms with Crippen molar-refractivity contribution in [3.8, 4) is 0 Å². The van der Waals surface area contributed by atoms with E-state index in [0.29, 0.717) is 0 Å². The third-order valence-corrected chi connectivity index (χ3v) is 4.43. The molecule has 0 amide bonds. The highest BCUT2D eigenvalue weighted by Gasteiger charge is 2.05. The highest BCUT2D eigenvalue weighted by Crippen LogP contribution is 2.30. The Hall–Kier alpha value is -1.71. The van der Waals surface area contributed by atoms with Crippen molar-refractivity contribution in [3.05, 3.63) is 60.2 Å². The normalized spacial score (nSPS) is 12.7. The predicted molar refractivity (Wildman–Crippen MR) is 86.1 cm³/mol. The number of H-pyrrole nitrogens is 1. The number of hydrogen-bond donors (Lipinski definition) is 2. The second-order valence-electron chi connectivity index (χ2n) is 4.91. The van der Waals surface area contributed by atoms with Gasteiger partial charge in [0.1, 0.15) is 0 Å². The molecule has 3 heteroatoms. The first-order valence-corrected chi connectivity index (χ1v) is 7.69. The third-order valence-electron chi connectivity index (χ3n) is 3.48. The van der Waals surface area contributed by atoms with Gasteiger partial charge in [-0.15, -0.1) is 0 Å². The fourth-order valence-corrected chi connectivity index (χ4v) is 3.12. The number of rotatable bonds is 4.